The summed E-state index contributed by atoms with van der Waals surface area (Å²) >= 11 is 0. The van der Waals surface area contributed by atoms with E-state index >= 15 is 0 Å². The lowest BCUT2D eigenvalue weighted by atomic mass is 10.0. The van der Waals surface area contributed by atoms with Gasteiger partial charge in [-0.05, 0) is 32.2 Å². The molecule has 0 bridgehead atoms. The van der Waals surface area contributed by atoms with Crippen LogP contribution in [0.5, 0.6) is 0 Å². The van der Waals surface area contributed by atoms with E-state index in [4.69, 9.17) is 15.9 Å². The molecule has 9 heteroatoms. The fourth-order valence-corrected chi connectivity index (χ4v) is 3.62. The Bertz CT molecular complexity index is 570. The van der Waals surface area contributed by atoms with Crippen molar-refractivity contribution in [2.45, 2.75) is 122 Å². The number of rotatable bonds is 22. The van der Waals surface area contributed by atoms with Gasteiger partial charge in [-0.3, -0.25) is 14.4 Å². The first-order chi connectivity index (χ1) is 15.8. The van der Waals surface area contributed by atoms with Crippen molar-refractivity contribution in [2.24, 2.45) is 5.73 Å². The molecule has 0 spiro atoms. The molecule has 0 saturated heterocycles. The number of carboxylic acid groups (broad SMARTS) is 2. The van der Waals surface area contributed by atoms with Gasteiger partial charge in [-0.15, -0.1) is 0 Å². The zero-order chi connectivity index (χ0) is 24.9. The number of carboxylic acids is 2. The maximum atomic E-state index is 12.5. The maximum Gasteiger partial charge on any atom is 0.326 e. The number of amides is 2. The average molecular weight is 472 g/mol. The van der Waals surface area contributed by atoms with Gasteiger partial charge in [0.25, 0.3) is 0 Å². The van der Waals surface area contributed by atoms with E-state index < -0.39 is 36.4 Å². The van der Waals surface area contributed by atoms with Crippen LogP contribution < -0.4 is 16.4 Å². The summed E-state index contributed by atoms with van der Waals surface area (Å²) in [6, 6.07) is -2.46. The normalized spacial score (nSPS) is 12.7. The molecule has 192 valence electrons. The maximum absolute atomic E-state index is 12.5. The van der Waals surface area contributed by atoms with E-state index in [2.05, 4.69) is 17.6 Å². The van der Waals surface area contributed by atoms with Crippen LogP contribution in [0, 0.1) is 0 Å². The molecule has 0 aliphatic rings. The molecule has 0 radical (unpaired) electrons. The molecule has 2 unspecified atom stereocenters. The minimum Gasteiger partial charge on any atom is -0.481 e. The molecule has 6 N–H and O–H groups in total. The van der Waals surface area contributed by atoms with Crippen molar-refractivity contribution >= 4 is 23.8 Å². The third-order valence-corrected chi connectivity index (χ3v) is 5.60. The van der Waals surface area contributed by atoms with Crippen molar-refractivity contribution in [1.29, 1.82) is 0 Å². The molecule has 0 aromatic heterocycles. The summed E-state index contributed by atoms with van der Waals surface area (Å²) in [5.41, 5.74) is 5.49. The summed E-state index contributed by atoms with van der Waals surface area (Å²) < 4.78 is 0. The Balaban J connectivity index is 4.31. The number of hydrogen-bond acceptors (Lipinski definition) is 5. The van der Waals surface area contributed by atoms with E-state index in [1.807, 2.05) is 0 Å². The molecule has 2 amide bonds. The van der Waals surface area contributed by atoms with Crippen LogP contribution in [0.15, 0.2) is 0 Å². The van der Waals surface area contributed by atoms with Gasteiger partial charge in [0.2, 0.25) is 11.8 Å². The van der Waals surface area contributed by atoms with Gasteiger partial charge in [0.1, 0.15) is 12.1 Å². The van der Waals surface area contributed by atoms with E-state index in [0.717, 1.165) is 19.3 Å². The van der Waals surface area contributed by atoms with Crippen molar-refractivity contribution in [3.05, 3.63) is 0 Å². The third kappa shape index (κ3) is 18.0. The fourth-order valence-electron chi connectivity index (χ4n) is 3.62. The van der Waals surface area contributed by atoms with Gasteiger partial charge in [0.05, 0.1) is 6.42 Å². The second kappa shape index (κ2) is 20.4. The Labute approximate surface area is 198 Å². The largest absolute Gasteiger partial charge is 0.481 e. The van der Waals surface area contributed by atoms with E-state index in [9.17, 15) is 19.2 Å². The topological polar surface area (TPSA) is 159 Å². The Morgan fingerprint density at radius 2 is 1.27 bits per heavy atom. The first-order valence-corrected chi connectivity index (χ1v) is 12.6. The van der Waals surface area contributed by atoms with Crippen molar-refractivity contribution in [3.63, 3.8) is 0 Å². The summed E-state index contributed by atoms with van der Waals surface area (Å²) in [7, 11) is 0. The SMILES string of the molecule is CCCCCCCCCCCCCC(=O)NC(CCCCN)C(=O)NC(CC(=O)O)C(=O)O. The van der Waals surface area contributed by atoms with Crippen LogP contribution in [0.3, 0.4) is 0 Å². The standard InChI is InChI=1S/C24H45N3O6/c1-2-3-4-5-6-7-8-9-10-11-12-16-21(28)26-19(15-13-14-17-25)23(31)27-20(24(32)33)18-22(29)30/h19-20H,2-18,25H2,1H3,(H,26,28)(H,27,31)(H,29,30)(H,32,33). The molecule has 0 fully saturated rings. The highest BCUT2D eigenvalue weighted by Gasteiger charge is 2.27. The van der Waals surface area contributed by atoms with E-state index in [-0.39, 0.29) is 5.91 Å². The smallest absolute Gasteiger partial charge is 0.326 e. The number of nitrogens with two attached hydrogens (primary N) is 1. The van der Waals surface area contributed by atoms with Crippen LogP contribution in [0.4, 0.5) is 0 Å². The van der Waals surface area contributed by atoms with E-state index in [1.54, 1.807) is 0 Å². The molecule has 0 aliphatic heterocycles. The number of aliphatic carboxylic acids is 2. The molecule has 0 aliphatic carbocycles. The number of carbonyl (C=O) groups excluding carboxylic acids is 2. The van der Waals surface area contributed by atoms with Gasteiger partial charge in [-0.2, -0.15) is 0 Å². The Morgan fingerprint density at radius 3 is 1.76 bits per heavy atom. The number of hydrogen-bond donors (Lipinski definition) is 5. The molecule has 0 saturated carbocycles. The van der Waals surface area contributed by atoms with Crippen LogP contribution >= 0.6 is 0 Å². The molecule has 2 atom stereocenters. The summed E-state index contributed by atoms with van der Waals surface area (Å²) in [6.45, 7) is 2.66. The predicted octanol–water partition coefficient (Wildman–Crippen LogP) is 3.35. The molecular formula is C24H45N3O6. The van der Waals surface area contributed by atoms with Crippen molar-refractivity contribution < 1.29 is 29.4 Å². The highest BCUT2D eigenvalue weighted by atomic mass is 16.4. The van der Waals surface area contributed by atoms with Gasteiger partial charge >= 0.3 is 11.9 Å². The summed E-state index contributed by atoms with van der Waals surface area (Å²) in [5.74, 6) is -3.71. The molecule has 9 nitrogen and oxygen atoms in total. The Hall–Kier alpha value is -2.16. The van der Waals surface area contributed by atoms with Gasteiger partial charge in [0, 0.05) is 6.42 Å². The highest BCUT2D eigenvalue weighted by Crippen LogP contribution is 2.12. The molecular weight excluding hydrogens is 426 g/mol. The van der Waals surface area contributed by atoms with Crippen molar-refractivity contribution in [2.75, 3.05) is 6.54 Å². The first-order valence-electron chi connectivity index (χ1n) is 12.6. The predicted molar refractivity (Wildman–Crippen MR) is 128 cm³/mol. The fraction of sp³-hybridized carbons (Fsp3) is 0.833. The molecule has 0 aromatic carbocycles. The summed E-state index contributed by atoms with van der Waals surface area (Å²) in [6.07, 6.45) is 14.1. The van der Waals surface area contributed by atoms with Gasteiger partial charge < -0.3 is 26.6 Å². The number of unbranched alkanes of at least 4 members (excludes halogenated alkanes) is 11. The van der Waals surface area contributed by atoms with Crippen molar-refractivity contribution in [1.82, 2.24) is 10.6 Å². The zero-order valence-electron chi connectivity index (χ0n) is 20.3. The average Bonchev–Trinajstić information content (AvgIpc) is 2.76. The second-order valence-electron chi connectivity index (χ2n) is 8.69. The monoisotopic (exact) mass is 471 g/mol. The summed E-state index contributed by atoms with van der Waals surface area (Å²) in [4.78, 5) is 46.9. The lowest BCUT2D eigenvalue weighted by Gasteiger charge is -2.21. The molecule has 0 aromatic rings. The lowest BCUT2D eigenvalue weighted by molar-refractivity contribution is -0.147. The van der Waals surface area contributed by atoms with Crippen LogP contribution in [0.1, 0.15) is 110 Å². The van der Waals surface area contributed by atoms with E-state index in [1.165, 1.54) is 51.4 Å². The second-order valence-corrected chi connectivity index (χ2v) is 8.69. The Morgan fingerprint density at radius 1 is 0.727 bits per heavy atom. The van der Waals surface area contributed by atoms with Crippen LogP contribution in [0.2, 0.25) is 0 Å². The summed E-state index contributed by atoms with van der Waals surface area (Å²) in [5, 5.41) is 22.9. The lowest BCUT2D eigenvalue weighted by Crippen LogP contribution is -2.52. The van der Waals surface area contributed by atoms with E-state index in [0.29, 0.717) is 32.2 Å². The van der Waals surface area contributed by atoms with Crippen molar-refractivity contribution in [3.8, 4) is 0 Å². The zero-order valence-corrected chi connectivity index (χ0v) is 20.3. The molecule has 0 heterocycles. The minimum absolute atomic E-state index is 0.260. The van der Waals surface area contributed by atoms with Crippen LogP contribution in [0.25, 0.3) is 0 Å². The van der Waals surface area contributed by atoms with Crippen LogP contribution in [-0.2, 0) is 19.2 Å². The third-order valence-electron chi connectivity index (χ3n) is 5.60. The van der Waals surface area contributed by atoms with Crippen LogP contribution in [-0.4, -0.2) is 52.6 Å². The highest BCUT2D eigenvalue weighted by molar-refractivity contribution is 5.91. The Kier molecular flexibility index (Phi) is 19.1. The molecule has 0 rings (SSSR count). The first kappa shape index (κ1) is 30.8. The van der Waals surface area contributed by atoms with Gasteiger partial charge in [-0.25, -0.2) is 4.79 Å². The van der Waals surface area contributed by atoms with Gasteiger partial charge in [-0.1, -0.05) is 71.1 Å². The quantitative estimate of drug-likeness (QED) is 0.151. The van der Waals surface area contributed by atoms with Gasteiger partial charge in [0.15, 0.2) is 0 Å². The molecule has 33 heavy (non-hydrogen) atoms. The number of nitrogens with one attached hydrogen (secondary N) is 2. The minimum atomic E-state index is -1.55. The number of carbonyl (C=O) groups is 4.